The van der Waals surface area contributed by atoms with Gasteiger partial charge in [0.1, 0.15) is 5.75 Å². The third-order valence-corrected chi connectivity index (χ3v) is 2.99. The van der Waals surface area contributed by atoms with Crippen LogP contribution in [0.4, 0.5) is 0 Å². The molecule has 0 radical (unpaired) electrons. The van der Waals surface area contributed by atoms with Crippen molar-refractivity contribution in [3.05, 3.63) is 29.3 Å². The first-order valence-corrected chi connectivity index (χ1v) is 5.28. The summed E-state index contributed by atoms with van der Waals surface area (Å²) < 4.78 is 0. The lowest BCUT2D eigenvalue weighted by Crippen LogP contribution is -2.39. The van der Waals surface area contributed by atoms with Crippen LogP contribution in [0.15, 0.2) is 18.2 Å². The van der Waals surface area contributed by atoms with E-state index in [0.29, 0.717) is 17.2 Å². The van der Waals surface area contributed by atoms with Gasteiger partial charge < -0.3 is 10.4 Å². The number of aromatic hydroxyl groups is 1. The van der Waals surface area contributed by atoms with Gasteiger partial charge >= 0.3 is 0 Å². The minimum Gasteiger partial charge on any atom is -0.508 e. The maximum atomic E-state index is 11.8. The second-order valence-corrected chi connectivity index (χ2v) is 4.05. The van der Waals surface area contributed by atoms with Crippen LogP contribution in [-0.4, -0.2) is 17.1 Å². The van der Waals surface area contributed by atoms with Crippen LogP contribution >= 0.6 is 0 Å². The lowest BCUT2D eigenvalue weighted by molar-refractivity contribution is 0.0916. The van der Waals surface area contributed by atoms with E-state index >= 15 is 0 Å². The Morgan fingerprint density at radius 2 is 2.20 bits per heavy atom. The quantitative estimate of drug-likeness (QED) is 0.775. The average molecular weight is 205 g/mol. The molecule has 3 nitrogen and oxygen atoms in total. The smallest absolute Gasteiger partial charge is 0.251 e. The Hall–Kier alpha value is -1.51. The van der Waals surface area contributed by atoms with Gasteiger partial charge in [-0.1, -0.05) is 6.07 Å². The molecule has 0 heterocycles. The van der Waals surface area contributed by atoms with E-state index in [4.69, 9.17) is 0 Å². The molecule has 0 bridgehead atoms. The van der Waals surface area contributed by atoms with Crippen molar-refractivity contribution in [3.63, 3.8) is 0 Å². The van der Waals surface area contributed by atoms with Gasteiger partial charge in [0.2, 0.25) is 0 Å². The molecule has 2 N–H and O–H groups in total. The van der Waals surface area contributed by atoms with E-state index in [1.54, 1.807) is 25.1 Å². The topological polar surface area (TPSA) is 49.3 Å². The first-order valence-electron chi connectivity index (χ1n) is 5.28. The first kappa shape index (κ1) is 10.0. The summed E-state index contributed by atoms with van der Waals surface area (Å²) in [6, 6.07) is 5.36. The monoisotopic (exact) mass is 205 g/mol. The van der Waals surface area contributed by atoms with Crippen LogP contribution < -0.4 is 5.32 Å². The number of amides is 1. The van der Waals surface area contributed by atoms with Gasteiger partial charge in [-0.2, -0.15) is 0 Å². The first-order chi connectivity index (χ1) is 7.18. The maximum absolute atomic E-state index is 11.8. The fourth-order valence-electron chi connectivity index (χ4n) is 1.69. The summed E-state index contributed by atoms with van der Waals surface area (Å²) in [7, 11) is 0. The van der Waals surface area contributed by atoms with Crippen LogP contribution in [0.3, 0.4) is 0 Å². The van der Waals surface area contributed by atoms with Gasteiger partial charge in [-0.15, -0.1) is 0 Å². The molecule has 1 amide bonds. The van der Waals surface area contributed by atoms with E-state index in [0.717, 1.165) is 12.8 Å². The molecule has 1 fully saturated rings. The summed E-state index contributed by atoms with van der Waals surface area (Å²) in [6.07, 6.45) is 3.34. The highest BCUT2D eigenvalue weighted by molar-refractivity contribution is 5.96. The van der Waals surface area contributed by atoms with Crippen LogP contribution in [0, 0.1) is 6.92 Å². The third kappa shape index (κ3) is 1.96. The minimum atomic E-state index is -0.0758. The minimum absolute atomic E-state index is 0.0758. The molecule has 15 heavy (non-hydrogen) atoms. The summed E-state index contributed by atoms with van der Waals surface area (Å²) in [5, 5.41) is 12.4. The van der Waals surface area contributed by atoms with Crippen molar-refractivity contribution in [1.82, 2.24) is 5.32 Å². The van der Waals surface area contributed by atoms with Gasteiger partial charge in [-0.25, -0.2) is 0 Å². The molecule has 2 rings (SSSR count). The van der Waals surface area contributed by atoms with Crippen molar-refractivity contribution in [2.75, 3.05) is 0 Å². The van der Waals surface area contributed by atoms with E-state index < -0.39 is 0 Å². The molecular weight excluding hydrogens is 190 g/mol. The van der Waals surface area contributed by atoms with Crippen LogP contribution in [0.25, 0.3) is 0 Å². The molecule has 1 saturated carbocycles. The zero-order valence-electron chi connectivity index (χ0n) is 8.79. The number of phenolic OH excluding ortho intramolecular Hbond substituents is 1. The summed E-state index contributed by atoms with van der Waals surface area (Å²) in [5.74, 6) is 0.101. The highest BCUT2D eigenvalue weighted by atomic mass is 16.3. The van der Waals surface area contributed by atoms with E-state index in [9.17, 15) is 9.90 Å². The number of rotatable bonds is 2. The molecule has 0 atom stereocenters. The average Bonchev–Trinajstić information content (AvgIpc) is 2.15. The van der Waals surface area contributed by atoms with Crippen LogP contribution in [0.5, 0.6) is 5.75 Å². The van der Waals surface area contributed by atoms with Gasteiger partial charge in [-0.05, 0) is 38.3 Å². The van der Waals surface area contributed by atoms with Crippen molar-refractivity contribution in [2.24, 2.45) is 0 Å². The number of hydrogen-bond acceptors (Lipinski definition) is 2. The van der Waals surface area contributed by atoms with Gasteiger partial charge in [0.25, 0.3) is 5.91 Å². The lowest BCUT2D eigenvalue weighted by Gasteiger charge is -2.26. The normalized spacial score (nSPS) is 15.8. The SMILES string of the molecule is Cc1c(O)cccc1C(=O)NC1CCC1. The summed E-state index contributed by atoms with van der Waals surface area (Å²) in [4.78, 5) is 11.8. The molecule has 0 unspecified atom stereocenters. The number of carbonyl (C=O) groups excluding carboxylic acids is 1. The third-order valence-electron chi connectivity index (χ3n) is 2.99. The van der Waals surface area contributed by atoms with Crippen molar-refractivity contribution >= 4 is 5.91 Å². The Morgan fingerprint density at radius 1 is 1.47 bits per heavy atom. The Bertz CT molecular complexity index is 383. The van der Waals surface area contributed by atoms with E-state index in [-0.39, 0.29) is 11.7 Å². The molecule has 0 aromatic heterocycles. The zero-order chi connectivity index (χ0) is 10.8. The van der Waals surface area contributed by atoms with E-state index in [2.05, 4.69) is 5.32 Å². The molecule has 1 aromatic rings. The molecular formula is C12H15NO2. The van der Waals surface area contributed by atoms with Gasteiger partial charge in [0.05, 0.1) is 0 Å². The maximum Gasteiger partial charge on any atom is 0.251 e. The van der Waals surface area contributed by atoms with Crippen LogP contribution in [0.1, 0.15) is 35.2 Å². The lowest BCUT2D eigenvalue weighted by atomic mass is 9.92. The molecule has 80 valence electrons. The van der Waals surface area contributed by atoms with Crippen LogP contribution in [-0.2, 0) is 0 Å². The van der Waals surface area contributed by atoms with Gasteiger partial charge in [0.15, 0.2) is 0 Å². The van der Waals surface area contributed by atoms with E-state index in [1.807, 2.05) is 0 Å². The fourth-order valence-corrected chi connectivity index (χ4v) is 1.69. The molecule has 3 heteroatoms. The van der Waals surface area contributed by atoms with Gasteiger partial charge in [-0.3, -0.25) is 4.79 Å². The molecule has 1 aliphatic carbocycles. The van der Waals surface area contributed by atoms with Crippen molar-refractivity contribution in [2.45, 2.75) is 32.2 Å². The fraction of sp³-hybridized carbons (Fsp3) is 0.417. The van der Waals surface area contributed by atoms with Crippen LogP contribution in [0.2, 0.25) is 0 Å². The molecule has 0 spiro atoms. The Kier molecular flexibility index (Phi) is 2.62. The second-order valence-electron chi connectivity index (χ2n) is 4.05. The largest absolute Gasteiger partial charge is 0.508 e. The molecule has 1 aliphatic rings. The van der Waals surface area contributed by atoms with E-state index in [1.165, 1.54) is 6.42 Å². The predicted octanol–water partition coefficient (Wildman–Crippen LogP) is 1.98. The zero-order valence-corrected chi connectivity index (χ0v) is 8.79. The number of nitrogens with one attached hydrogen (secondary N) is 1. The summed E-state index contributed by atoms with van der Waals surface area (Å²) >= 11 is 0. The highest BCUT2D eigenvalue weighted by Gasteiger charge is 2.21. The Labute approximate surface area is 89.1 Å². The van der Waals surface area contributed by atoms with Gasteiger partial charge in [0, 0.05) is 17.2 Å². The Morgan fingerprint density at radius 3 is 2.80 bits per heavy atom. The van der Waals surface area contributed by atoms with Crippen molar-refractivity contribution < 1.29 is 9.90 Å². The summed E-state index contributed by atoms with van der Waals surface area (Å²) in [6.45, 7) is 1.75. The number of hydrogen-bond donors (Lipinski definition) is 2. The highest BCUT2D eigenvalue weighted by Crippen LogP contribution is 2.22. The molecule has 1 aromatic carbocycles. The number of carbonyl (C=O) groups is 1. The molecule has 0 saturated heterocycles. The standard InChI is InChI=1S/C12H15NO2/c1-8-10(6-3-7-11(8)14)12(15)13-9-4-2-5-9/h3,6-7,9,14H,2,4-5H2,1H3,(H,13,15). The van der Waals surface area contributed by atoms with Crippen molar-refractivity contribution in [1.29, 1.82) is 0 Å². The number of phenols is 1. The Balaban J connectivity index is 2.13. The van der Waals surface area contributed by atoms with Crippen molar-refractivity contribution in [3.8, 4) is 5.75 Å². The predicted molar refractivity (Wildman–Crippen MR) is 57.9 cm³/mol. The second kappa shape index (κ2) is 3.93. The number of benzene rings is 1. The molecule has 0 aliphatic heterocycles. The summed E-state index contributed by atoms with van der Waals surface area (Å²) in [5.41, 5.74) is 1.22.